The van der Waals surface area contributed by atoms with Crippen LogP contribution < -0.4 is 9.80 Å². The first-order valence-corrected chi connectivity index (χ1v) is 33.5. The van der Waals surface area contributed by atoms with E-state index < -0.39 is 0 Å². The van der Waals surface area contributed by atoms with E-state index in [1.807, 2.05) is 13.0 Å². The quantitative estimate of drug-likeness (QED) is 0.0956. The predicted octanol–water partition coefficient (Wildman–Crippen LogP) is 26.0. The molecule has 0 aliphatic rings. The Morgan fingerprint density at radius 2 is 0.561 bits per heavy atom. The maximum Gasteiger partial charge on any atom is 0.189 e. The van der Waals surface area contributed by atoms with Gasteiger partial charge >= 0.3 is 0 Å². The smallest absolute Gasteiger partial charge is 0.189 e. The minimum atomic E-state index is 0.727. The molecule has 0 unspecified atom stereocenters. The van der Waals surface area contributed by atoms with Crippen LogP contribution in [0.2, 0.25) is 0 Å². The Balaban J connectivity index is 0.000000150. The Kier molecular flexibility index (Phi) is 14.9. The topological polar surface area (TPSA) is 35.2 Å². The number of hydrogen-bond donors (Lipinski definition) is 0. The molecular formula is C94H66N4. The summed E-state index contributed by atoms with van der Waals surface area (Å²) in [6.45, 7) is 8.88. The monoisotopic (exact) mass is 1250 g/mol. The third-order valence-electron chi connectivity index (χ3n) is 19.9. The standard InChI is InChI=1S/C51H35N3.C43H31N/c1-33-34(2)53(32-52)51-24-23-49(31-50(33)51)54(47-19-15-35(16-20-47)41-11-13-43-25-37-7-3-5-9-39(37)27-45(43)29-41)48-21-17-36(18-22-48)42-12-14-44-26-38-8-4-6-10-40(38)28-46(44)30-42;1-2-23-44(42-19-15-30(16-20-42)36-11-13-38-24-32-7-3-5-9-34(32)26-40(38)28-36)43-21-17-31(18-22-43)37-12-14-39-25-33-8-4-6-10-35(33)27-41(39)29-37/h3-31H,1-2H3;2-22,24-29H,1,23H2. The lowest BCUT2D eigenvalue weighted by Crippen LogP contribution is -2.16. The number of nitriles is 1. The first kappa shape index (κ1) is 59.0. The summed E-state index contributed by atoms with van der Waals surface area (Å²) in [6, 6.07) is 121. The molecule has 17 aromatic carbocycles. The van der Waals surface area contributed by atoms with Gasteiger partial charge in [-0.15, -0.1) is 6.58 Å². The van der Waals surface area contributed by atoms with Crippen LogP contribution >= 0.6 is 0 Å². The van der Waals surface area contributed by atoms with Crippen LogP contribution in [-0.2, 0) is 0 Å². The van der Waals surface area contributed by atoms with Crippen LogP contribution in [-0.4, -0.2) is 11.1 Å². The molecule has 462 valence electrons. The largest absolute Gasteiger partial charge is 0.338 e. The van der Waals surface area contributed by atoms with Gasteiger partial charge in [0.2, 0.25) is 0 Å². The van der Waals surface area contributed by atoms with Crippen molar-refractivity contribution in [3.05, 3.63) is 358 Å². The van der Waals surface area contributed by atoms with Gasteiger partial charge in [0, 0.05) is 46.1 Å². The minimum absolute atomic E-state index is 0.727. The van der Waals surface area contributed by atoms with Gasteiger partial charge in [0.15, 0.2) is 6.19 Å². The van der Waals surface area contributed by atoms with Crippen molar-refractivity contribution < 1.29 is 0 Å². The summed E-state index contributed by atoms with van der Waals surface area (Å²) < 4.78 is 1.72. The van der Waals surface area contributed by atoms with Gasteiger partial charge in [-0.3, -0.25) is 4.57 Å². The van der Waals surface area contributed by atoms with Crippen LogP contribution in [0.15, 0.2) is 346 Å². The molecule has 0 saturated carbocycles. The molecule has 98 heavy (non-hydrogen) atoms. The lowest BCUT2D eigenvalue weighted by atomic mass is 9.98. The molecule has 0 saturated heterocycles. The number of anilines is 5. The summed E-state index contributed by atoms with van der Waals surface area (Å²) in [4.78, 5) is 4.62. The van der Waals surface area contributed by atoms with E-state index in [-0.39, 0.29) is 0 Å². The molecule has 4 nitrogen and oxygen atoms in total. The average molecular weight is 1250 g/mol. The zero-order valence-electron chi connectivity index (χ0n) is 54.5. The van der Waals surface area contributed by atoms with E-state index in [4.69, 9.17) is 0 Å². The normalized spacial score (nSPS) is 11.4. The molecule has 0 amide bonds. The van der Waals surface area contributed by atoms with Crippen molar-refractivity contribution in [2.75, 3.05) is 16.3 Å². The van der Waals surface area contributed by atoms with Gasteiger partial charge in [0.1, 0.15) is 0 Å². The maximum absolute atomic E-state index is 9.92. The first-order chi connectivity index (χ1) is 48.2. The lowest BCUT2D eigenvalue weighted by Gasteiger charge is -2.26. The van der Waals surface area contributed by atoms with Crippen molar-refractivity contribution >= 4 is 126 Å². The molecule has 0 spiro atoms. The predicted molar refractivity (Wildman–Crippen MR) is 419 cm³/mol. The highest BCUT2D eigenvalue weighted by Gasteiger charge is 2.19. The summed E-state index contributed by atoms with van der Waals surface area (Å²) in [6.07, 6.45) is 4.32. The molecule has 1 heterocycles. The number of fused-ring (bicyclic) bond motifs is 9. The van der Waals surface area contributed by atoms with Gasteiger partial charge in [-0.25, -0.2) is 0 Å². The summed E-state index contributed by atoms with van der Waals surface area (Å²) in [5.41, 5.74) is 18.0. The number of hydrogen-bond acceptors (Lipinski definition) is 3. The maximum atomic E-state index is 9.92. The number of rotatable bonds is 11. The van der Waals surface area contributed by atoms with Crippen LogP contribution in [0.4, 0.5) is 28.4 Å². The highest BCUT2D eigenvalue weighted by molar-refractivity contribution is 6.04. The molecule has 18 rings (SSSR count). The molecule has 4 heteroatoms. The SMILES string of the molecule is C=CCN(c1ccc(-c2ccc3cc4ccccc4cc3c2)cc1)c1ccc(-c2ccc3cc4ccccc4cc3c2)cc1.Cc1c(C)n(C#N)c2ccc(N(c3ccc(-c4ccc5cc6ccccc6cc5c4)cc3)c3ccc(-c4ccc5cc6ccccc6cc5c4)cc3)cc12. The fourth-order valence-electron chi connectivity index (χ4n) is 14.5. The third kappa shape index (κ3) is 11.1. The fraction of sp³-hybridized carbons (Fsp3) is 0.0319. The molecule has 0 aliphatic heterocycles. The van der Waals surface area contributed by atoms with E-state index in [0.29, 0.717) is 0 Å². The van der Waals surface area contributed by atoms with Gasteiger partial charge in [0.05, 0.1) is 5.52 Å². The van der Waals surface area contributed by atoms with Gasteiger partial charge in [-0.05, 0) is 290 Å². The third-order valence-corrected chi connectivity index (χ3v) is 19.9. The summed E-state index contributed by atoms with van der Waals surface area (Å²) >= 11 is 0. The molecule has 0 radical (unpaired) electrons. The van der Waals surface area contributed by atoms with E-state index in [9.17, 15) is 5.26 Å². The summed E-state index contributed by atoms with van der Waals surface area (Å²) in [7, 11) is 0. The number of nitrogens with zero attached hydrogens (tertiary/aromatic N) is 4. The van der Waals surface area contributed by atoms with Gasteiger partial charge in [-0.2, -0.15) is 5.26 Å². The van der Waals surface area contributed by atoms with Crippen LogP contribution in [0, 0.1) is 25.3 Å². The van der Waals surface area contributed by atoms with Crippen molar-refractivity contribution in [2.24, 2.45) is 0 Å². The van der Waals surface area contributed by atoms with E-state index in [0.717, 1.165) is 57.1 Å². The minimum Gasteiger partial charge on any atom is -0.338 e. The summed E-state index contributed by atoms with van der Waals surface area (Å²) in [5, 5.41) is 31.1. The van der Waals surface area contributed by atoms with Gasteiger partial charge < -0.3 is 9.80 Å². The second kappa shape index (κ2) is 24.8. The zero-order valence-corrected chi connectivity index (χ0v) is 54.5. The van der Waals surface area contributed by atoms with Crippen molar-refractivity contribution in [1.29, 1.82) is 5.26 Å². The Morgan fingerprint density at radius 1 is 0.296 bits per heavy atom. The molecule has 1 aromatic heterocycles. The summed E-state index contributed by atoms with van der Waals surface area (Å²) in [5.74, 6) is 0. The van der Waals surface area contributed by atoms with Crippen LogP contribution in [0.25, 0.3) is 142 Å². The second-order valence-corrected chi connectivity index (χ2v) is 25.8. The van der Waals surface area contributed by atoms with E-state index >= 15 is 0 Å². The second-order valence-electron chi connectivity index (χ2n) is 25.8. The molecule has 0 bridgehead atoms. The van der Waals surface area contributed by atoms with Crippen LogP contribution in [0.5, 0.6) is 0 Å². The first-order valence-electron chi connectivity index (χ1n) is 33.5. The Bertz CT molecular complexity index is 5870. The Morgan fingerprint density at radius 3 is 0.857 bits per heavy atom. The van der Waals surface area contributed by atoms with E-state index in [1.165, 1.54) is 131 Å². The van der Waals surface area contributed by atoms with E-state index in [2.05, 4.69) is 363 Å². The molecule has 0 atom stereocenters. The molecular weight excluding hydrogens is 1190 g/mol. The van der Waals surface area contributed by atoms with Crippen molar-refractivity contribution in [1.82, 2.24) is 4.57 Å². The average Bonchev–Trinajstić information content (AvgIpc) is 1.50. The number of aryl methyl sites for hydroxylation is 1. The van der Waals surface area contributed by atoms with Crippen molar-refractivity contribution in [3.63, 3.8) is 0 Å². The van der Waals surface area contributed by atoms with E-state index in [1.54, 1.807) is 4.57 Å². The highest BCUT2D eigenvalue weighted by Crippen LogP contribution is 2.41. The zero-order chi connectivity index (χ0) is 65.8. The number of aromatic nitrogens is 1. The Hall–Kier alpha value is -12.8. The fourth-order valence-corrected chi connectivity index (χ4v) is 14.5. The highest BCUT2D eigenvalue weighted by atomic mass is 15.1. The van der Waals surface area contributed by atoms with Crippen LogP contribution in [0.1, 0.15) is 11.3 Å². The molecule has 0 N–H and O–H groups in total. The molecule has 18 aromatic rings. The molecule has 0 aliphatic carbocycles. The van der Waals surface area contributed by atoms with Crippen LogP contribution in [0.3, 0.4) is 0 Å². The number of benzene rings is 17. The van der Waals surface area contributed by atoms with Gasteiger partial charge in [-0.1, -0.05) is 200 Å². The lowest BCUT2D eigenvalue weighted by molar-refractivity contribution is 1.06. The Labute approximate surface area is 570 Å². The van der Waals surface area contributed by atoms with Crippen molar-refractivity contribution in [2.45, 2.75) is 13.8 Å². The van der Waals surface area contributed by atoms with Crippen molar-refractivity contribution in [3.8, 4) is 50.7 Å². The van der Waals surface area contributed by atoms with Gasteiger partial charge in [0.25, 0.3) is 0 Å². The molecule has 0 fully saturated rings.